The number of fused-ring (bicyclic) bond motifs is 2. The summed E-state index contributed by atoms with van der Waals surface area (Å²) in [6, 6.07) is 4.38. The van der Waals surface area contributed by atoms with Crippen LogP contribution in [0.3, 0.4) is 0 Å². The van der Waals surface area contributed by atoms with Crippen LogP contribution in [0.15, 0.2) is 23.7 Å². The van der Waals surface area contributed by atoms with Gasteiger partial charge in [0.2, 0.25) is 11.9 Å². The summed E-state index contributed by atoms with van der Waals surface area (Å²) >= 11 is 1.16. The smallest absolute Gasteiger partial charge is 0.341 e. The molecule has 4 rings (SSSR count). The van der Waals surface area contributed by atoms with E-state index < -0.39 is 12.0 Å². The predicted molar refractivity (Wildman–Crippen MR) is 96.4 cm³/mol. The predicted octanol–water partition coefficient (Wildman–Crippen LogP) is 2.64. The maximum Gasteiger partial charge on any atom is 0.341 e. The Balaban J connectivity index is 1.71. The van der Waals surface area contributed by atoms with Gasteiger partial charge in [0.05, 0.1) is 12.1 Å². The lowest BCUT2D eigenvalue weighted by Gasteiger charge is -2.11. The van der Waals surface area contributed by atoms with Crippen molar-refractivity contribution in [1.29, 1.82) is 0 Å². The molecule has 0 aliphatic carbocycles. The Morgan fingerprint density at radius 1 is 1.22 bits per heavy atom. The van der Waals surface area contributed by atoms with E-state index in [-0.39, 0.29) is 24.8 Å². The molecule has 11 heteroatoms. The number of rotatable bonds is 4. The molecule has 0 bridgehead atoms. The van der Waals surface area contributed by atoms with Crippen LogP contribution in [-0.2, 0) is 4.74 Å². The fourth-order valence-electron chi connectivity index (χ4n) is 2.49. The third kappa shape index (κ3) is 3.44. The average molecular weight is 387 g/mol. The van der Waals surface area contributed by atoms with E-state index >= 15 is 0 Å². The number of urea groups is 1. The van der Waals surface area contributed by atoms with Crippen molar-refractivity contribution >= 4 is 45.2 Å². The third-order valence-electron chi connectivity index (χ3n) is 3.62. The summed E-state index contributed by atoms with van der Waals surface area (Å²) in [5.41, 5.74) is 2.13. The lowest BCUT2D eigenvalue weighted by molar-refractivity contribution is 0.0527. The Bertz CT molecular complexity index is 1020. The van der Waals surface area contributed by atoms with E-state index in [0.29, 0.717) is 27.5 Å². The van der Waals surface area contributed by atoms with Crippen LogP contribution in [0.2, 0.25) is 0 Å². The number of hydrogen-bond acceptors (Lipinski definition) is 9. The molecule has 1 aliphatic heterocycles. The first-order chi connectivity index (χ1) is 13.1. The first-order valence-corrected chi connectivity index (χ1v) is 8.77. The van der Waals surface area contributed by atoms with E-state index in [9.17, 15) is 9.59 Å². The van der Waals surface area contributed by atoms with Gasteiger partial charge in [-0.3, -0.25) is 10.6 Å². The number of carbonyl (C=O) groups excluding carboxylic acids is 2. The minimum atomic E-state index is -0.607. The van der Waals surface area contributed by atoms with Crippen molar-refractivity contribution in [3.63, 3.8) is 0 Å². The molecule has 1 aromatic carbocycles. The Labute approximate surface area is 156 Å². The topological polar surface area (TPSA) is 125 Å². The second kappa shape index (κ2) is 7.03. The van der Waals surface area contributed by atoms with Gasteiger partial charge in [0, 0.05) is 11.5 Å². The number of pyridine rings is 1. The molecule has 0 radical (unpaired) electrons. The van der Waals surface area contributed by atoms with Crippen LogP contribution in [0.5, 0.6) is 11.5 Å². The van der Waals surface area contributed by atoms with Crippen molar-refractivity contribution in [2.45, 2.75) is 6.92 Å². The summed E-state index contributed by atoms with van der Waals surface area (Å²) in [4.78, 5) is 28.9. The Morgan fingerprint density at radius 2 is 2.04 bits per heavy atom. The highest BCUT2D eigenvalue weighted by molar-refractivity contribution is 7.13. The van der Waals surface area contributed by atoms with E-state index in [1.165, 1.54) is 5.51 Å². The molecule has 2 N–H and O–H groups in total. The number of amides is 2. The fourth-order valence-corrected chi connectivity index (χ4v) is 2.93. The molecule has 0 saturated carbocycles. The molecule has 138 valence electrons. The summed E-state index contributed by atoms with van der Waals surface area (Å²) in [6.45, 7) is 2.00. The monoisotopic (exact) mass is 387 g/mol. The number of nitrogens with zero attached hydrogens (tertiary/aromatic N) is 3. The molecule has 0 atom stereocenters. The summed E-state index contributed by atoms with van der Waals surface area (Å²) < 4.78 is 15.8. The highest BCUT2D eigenvalue weighted by Crippen LogP contribution is 2.36. The van der Waals surface area contributed by atoms with E-state index in [4.69, 9.17) is 14.2 Å². The van der Waals surface area contributed by atoms with Gasteiger partial charge >= 0.3 is 12.0 Å². The summed E-state index contributed by atoms with van der Waals surface area (Å²) in [6.07, 6.45) is 0. The van der Waals surface area contributed by atoms with Crippen LogP contribution in [0.1, 0.15) is 17.3 Å². The minimum Gasteiger partial charge on any atom is -0.462 e. The van der Waals surface area contributed by atoms with E-state index in [1.54, 1.807) is 25.1 Å². The number of ether oxygens (including phenoxy) is 3. The quantitative estimate of drug-likeness (QED) is 0.655. The number of aromatic nitrogens is 3. The molecule has 0 spiro atoms. The van der Waals surface area contributed by atoms with Gasteiger partial charge in [-0.25, -0.2) is 14.6 Å². The van der Waals surface area contributed by atoms with Crippen molar-refractivity contribution in [1.82, 2.24) is 15.2 Å². The maximum absolute atomic E-state index is 12.3. The average Bonchev–Trinajstić information content (AvgIpc) is 3.30. The number of nitrogens with one attached hydrogen (secondary N) is 2. The molecule has 0 fully saturated rings. The second-order valence-corrected chi connectivity index (χ2v) is 6.16. The number of benzene rings is 1. The zero-order valence-corrected chi connectivity index (χ0v) is 14.8. The number of esters is 1. The molecule has 2 aromatic heterocycles. The molecule has 10 nitrogen and oxygen atoms in total. The van der Waals surface area contributed by atoms with Crippen molar-refractivity contribution in [2.24, 2.45) is 0 Å². The lowest BCUT2D eigenvalue weighted by atomic mass is 10.1. The van der Waals surface area contributed by atoms with Crippen LogP contribution in [0.25, 0.3) is 10.9 Å². The van der Waals surface area contributed by atoms with E-state index in [1.807, 2.05) is 0 Å². The zero-order chi connectivity index (χ0) is 18.8. The van der Waals surface area contributed by atoms with E-state index in [0.717, 1.165) is 11.3 Å². The Morgan fingerprint density at radius 3 is 2.78 bits per heavy atom. The molecule has 27 heavy (non-hydrogen) atoms. The molecular formula is C16H13N5O5S. The van der Waals surface area contributed by atoms with Gasteiger partial charge in [0.15, 0.2) is 11.5 Å². The SMILES string of the molecule is CCOC(=O)c1cc2cc3c(cc2nc1NC(=O)Nc1nncs1)OCO3. The first kappa shape index (κ1) is 17.0. The van der Waals surface area contributed by atoms with Gasteiger partial charge in [-0.1, -0.05) is 11.3 Å². The molecule has 0 saturated heterocycles. The molecule has 2 amide bonds. The third-order valence-corrected chi connectivity index (χ3v) is 4.22. The minimum absolute atomic E-state index is 0.0573. The van der Waals surface area contributed by atoms with Crippen molar-refractivity contribution in [3.8, 4) is 11.5 Å². The molecule has 0 unspecified atom stereocenters. The van der Waals surface area contributed by atoms with Crippen molar-refractivity contribution < 1.29 is 23.8 Å². The highest BCUT2D eigenvalue weighted by atomic mass is 32.1. The molecule has 1 aliphatic rings. The van der Waals surface area contributed by atoms with Gasteiger partial charge < -0.3 is 14.2 Å². The van der Waals surface area contributed by atoms with Crippen LogP contribution in [0.4, 0.5) is 15.7 Å². The normalized spacial score (nSPS) is 12.0. The molecule has 3 heterocycles. The number of anilines is 2. The largest absolute Gasteiger partial charge is 0.462 e. The van der Waals surface area contributed by atoms with Crippen LogP contribution >= 0.6 is 11.3 Å². The molecular weight excluding hydrogens is 374 g/mol. The van der Waals surface area contributed by atoms with Gasteiger partial charge in [-0.2, -0.15) is 0 Å². The summed E-state index contributed by atoms with van der Waals surface area (Å²) in [7, 11) is 0. The maximum atomic E-state index is 12.3. The van der Waals surface area contributed by atoms with Gasteiger partial charge in [0.25, 0.3) is 0 Å². The second-order valence-electron chi connectivity index (χ2n) is 5.33. The fraction of sp³-hybridized carbons (Fsp3) is 0.188. The van der Waals surface area contributed by atoms with Gasteiger partial charge in [-0.05, 0) is 19.1 Å². The van der Waals surface area contributed by atoms with Crippen molar-refractivity contribution in [2.75, 3.05) is 24.0 Å². The lowest BCUT2D eigenvalue weighted by Crippen LogP contribution is -2.22. The van der Waals surface area contributed by atoms with E-state index in [2.05, 4.69) is 25.8 Å². The van der Waals surface area contributed by atoms with Gasteiger partial charge in [0.1, 0.15) is 16.9 Å². The molecule has 3 aromatic rings. The number of carbonyl (C=O) groups is 2. The summed E-state index contributed by atoms with van der Waals surface area (Å²) in [5, 5.41) is 13.4. The van der Waals surface area contributed by atoms with Crippen LogP contribution in [-0.4, -0.2) is 40.6 Å². The Hall–Kier alpha value is -3.47. The van der Waals surface area contributed by atoms with Crippen LogP contribution < -0.4 is 20.1 Å². The van der Waals surface area contributed by atoms with Gasteiger partial charge in [-0.15, -0.1) is 10.2 Å². The number of hydrogen-bond donors (Lipinski definition) is 2. The first-order valence-electron chi connectivity index (χ1n) is 7.89. The highest BCUT2D eigenvalue weighted by Gasteiger charge is 2.21. The van der Waals surface area contributed by atoms with Crippen molar-refractivity contribution in [3.05, 3.63) is 29.3 Å². The van der Waals surface area contributed by atoms with Crippen LogP contribution in [0, 0.1) is 0 Å². The Kier molecular flexibility index (Phi) is 4.42. The summed E-state index contributed by atoms with van der Waals surface area (Å²) in [5.74, 6) is 0.564. The standard InChI is InChI=1S/C16H13N5O5S/c1-2-24-14(22)9-3-8-4-11-12(26-7-25-11)5-10(8)18-13(9)19-15(23)20-16-21-17-6-27-16/h3-6H,2,7H2,1H3,(H2,18,19,20,21,23). The zero-order valence-electron chi connectivity index (χ0n) is 14.0.